The summed E-state index contributed by atoms with van der Waals surface area (Å²) in [5, 5.41) is 3.19. The van der Waals surface area contributed by atoms with Gasteiger partial charge in [0.1, 0.15) is 5.75 Å². The largest absolute Gasteiger partial charge is 0.497 e. The number of anilines is 1. The van der Waals surface area contributed by atoms with E-state index < -0.39 is 0 Å². The maximum Gasteiger partial charge on any atom is 0.121 e. The summed E-state index contributed by atoms with van der Waals surface area (Å²) in [6.45, 7) is 3.19. The van der Waals surface area contributed by atoms with Crippen molar-refractivity contribution in [3.8, 4) is 5.75 Å². The van der Waals surface area contributed by atoms with Crippen LogP contribution in [0.4, 0.5) is 5.69 Å². The summed E-state index contributed by atoms with van der Waals surface area (Å²) in [6, 6.07) is 6.33. The quantitative estimate of drug-likeness (QED) is 0.865. The molecule has 1 N–H and O–H groups in total. The van der Waals surface area contributed by atoms with Gasteiger partial charge in [-0.2, -0.15) is 0 Å². The number of ether oxygens (including phenoxy) is 1. The highest BCUT2D eigenvalue weighted by molar-refractivity contribution is 7.99. The maximum atomic E-state index is 5.28. The van der Waals surface area contributed by atoms with Crippen LogP contribution in [0.2, 0.25) is 0 Å². The lowest BCUT2D eigenvalue weighted by Gasteiger charge is -2.31. The number of hydrogen-bond donors (Lipinski definition) is 1. The predicted molar refractivity (Wildman–Crippen MR) is 69.9 cm³/mol. The SMILES string of the molecule is CNCCN1CCSc2ccc(OC)cc21. The van der Waals surface area contributed by atoms with Crippen molar-refractivity contribution < 1.29 is 4.74 Å². The van der Waals surface area contributed by atoms with Crippen LogP contribution < -0.4 is 15.0 Å². The molecule has 0 radical (unpaired) electrons. The minimum atomic E-state index is 0.940. The van der Waals surface area contributed by atoms with Crippen LogP contribution in [0.25, 0.3) is 0 Å². The monoisotopic (exact) mass is 238 g/mol. The first-order valence-electron chi connectivity index (χ1n) is 5.55. The average molecular weight is 238 g/mol. The van der Waals surface area contributed by atoms with E-state index >= 15 is 0 Å². The Bertz CT molecular complexity index is 357. The molecule has 0 atom stereocenters. The minimum absolute atomic E-state index is 0.940. The van der Waals surface area contributed by atoms with E-state index in [-0.39, 0.29) is 0 Å². The number of rotatable bonds is 4. The molecule has 1 aliphatic heterocycles. The third-order valence-corrected chi connectivity index (χ3v) is 3.80. The van der Waals surface area contributed by atoms with Gasteiger partial charge in [0, 0.05) is 36.3 Å². The minimum Gasteiger partial charge on any atom is -0.497 e. The van der Waals surface area contributed by atoms with Gasteiger partial charge in [0.25, 0.3) is 0 Å². The number of likely N-dealkylation sites (N-methyl/N-ethyl adjacent to an activating group) is 1. The fraction of sp³-hybridized carbons (Fsp3) is 0.500. The summed E-state index contributed by atoms with van der Waals surface area (Å²) in [7, 11) is 3.71. The molecule has 4 heteroatoms. The van der Waals surface area contributed by atoms with Crippen molar-refractivity contribution in [1.82, 2.24) is 5.32 Å². The number of fused-ring (bicyclic) bond motifs is 1. The van der Waals surface area contributed by atoms with Gasteiger partial charge in [0.2, 0.25) is 0 Å². The van der Waals surface area contributed by atoms with Crippen molar-refractivity contribution in [2.45, 2.75) is 4.90 Å². The van der Waals surface area contributed by atoms with E-state index in [1.54, 1.807) is 7.11 Å². The smallest absolute Gasteiger partial charge is 0.121 e. The van der Waals surface area contributed by atoms with Gasteiger partial charge in [0.15, 0.2) is 0 Å². The van der Waals surface area contributed by atoms with Crippen LogP contribution in [0, 0.1) is 0 Å². The normalized spacial score (nSPS) is 14.8. The van der Waals surface area contributed by atoms with Gasteiger partial charge < -0.3 is 15.0 Å². The van der Waals surface area contributed by atoms with E-state index in [0.29, 0.717) is 0 Å². The van der Waals surface area contributed by atoms with Crippen molar-refractivity contribution in [3.63, 3.8) is 0 Å². The van der Waals surface area contributed by atoms with Crippen LogP contribution in [0.3, 0.4) is 0 Å². The molecule has 0 fully saturated rings. The summed E-state index contributed by atoms with van der Waals surface area (Å²) in [5.41, 5.74) is 1.31. The molecule has 0 aromatic heterocycles. The lowest BCUT2D eigenvalue weighted by atomic mass is 10.2. The molecule has 3 nitrogen and oxygen atoms in total. The Hall–Kier alpha value is -0.870. The molecule has 2 rings (SSSR count). The topological polar surface area (TPSA) is 24.5 Å². The average Bonchev–Trinajstić information content (AvgIpc) is 2.35. The van der Waals surface area contributed by atoms with Gasteiger partial charge in [0.05, 0.1) is 12.8 Å². The van der Waals surface area contributed by atoms with Crippen LogP contribution in [0.1, 0.15) is 0 Å². The molecule has 0 saturated heterocycles. The fourth-order valence-electron chi connectivity index (χ4n) is 1.86. The third-order valence-electron chi connectivity index (χ3n) is 2.76. The lowest BCUT2D eigenvalue weighted by molar-refractivity contribution is 0.414. The van der Waals surface area contributed by atoms with Gasteiger partial charge in [-0.15, -0.1) is 11.8 Å². The molecule has 16 heavy (non-hydrogen) atoms. The number of nitrogens with one attached hydrogen (secondary N) is 1. The van der Waals surface area contributed by atoms with Crippen molar-refractivity contribution >= 4 is 17.4 Å². The Morgan fingerprint density at radius 3 is 3.12 bits per heavy atom. The predicted octanol–water partition coefficient (Wildman–Crippen LogP) is 1.83. The Kier molecular flexibility index (Phi) is 3.96. The highest BCUT2D eigenvalue weighted by Gasteiger charge is 2.17. The highest BCUT2D eigenvalue weighted by Crippen LogP contribution is 2.36. The molecular formula is C12H18N2OS. The Labute approximate surface area is 101 Å². The molecule has 0 saturated carbocycles. The van der Waals surface area contributed by atoms with Gasteiger partial charge in [-0.05, 0) is 19.2 Å². The van der Waals surface area contributed by atoms with Crippen LogP contribution >= 0.6 is 11.8 Å². The van der Waals surface area contributed by atoms with Crippen LogP contribution in [-0.2, 0) is 0 Å². The lowest BCUT2D eigenvalue weighted by Crippen LogP contribution is -2.34. The second kappa shape index (κ2) is 5.46. The van der Waals surface area contributed by atoms with E-state index in [4.69, 9.17) is 4.74 Å². The third kappa shape index (κ3) is 2.44. The maximum absolute atomic E-state index is 5.28. The summed E-state index contributed by atoms with van der Waals surface area (Å²) in [5.74, 6) is 2.11. The van der Waals surface area contributed by atoms with E-state index in [0.717, 1.165) is 25.4 Å². The molecular weight excluding hydrogens is 220 g/mol. The van der Waals surface area contributed by atoms with Gasteiger partial charge in [-0.1, -0.05) is 0 Å². The highest BCUT2D eigenvalue weighted by atomic mass is 32.2. The molecule has 0 spiro atoms. The van der Waals surface area contributed by atoms with Gasteiger partial charge >= 0.3 is 0 Å². The van der Waals surface area contributed by atoms with E-state index in [2.05, 4.69) is 22.3 Å². The Morgan fingerprint density at radius 2 is 2.38 bits per heavy atom. The Balaban J connectivity index is 2.21. The number of hydrogen-bond acceptors (Lipinski definition) is 4. The molecule has 0 unspecified atom stereocenters. The first-order valence-corrected chi connectivity index (χ1v) is 6.54. The molecule has 1 heterocycles. The van der Waals surface area contributed by atoms with Crippen molar-refractivity contribution in [2.24, 2.45) is 0 Å². The summed E-state index contributed by atoms with van der Waals surface area (Å²) < 4.78 is 5.28. The number of nitrogens with zero attached hydrogens (tertiary/aromatic N) is 1. The van der Waals surface area contributed by atoms with E-state index in [1.165, 1.54) is 16.3 Å². The summed E-state index contributed by atoms with van der Waals surface area (Å²) >= 11 is 1.93. The number of thioether (sulfide) groups is 1. The first-order chi connectivity index (χ1) is 7.85. The molecule has 0 amide bonds. The summed E-state index contributed by atoms with van der Waals surface area (Å²) in [6.07, 6.45) is 0. The zero-order valence-electron chi connectivity index (χ0n) is 9.82. The second-order valence-corrected chi connectivity index (χ2v) is 4.91. The molecule has 0 bridgehead atoms. The van der Waals surface area contributed by atoms with Crippen molar-refractivity contribution in [1.29, 1.82) is 0 Å². The molecule has 88 valence electrons. The van der Waals surface area contributed by atoms with Crippen molar-refractivity contribution in [2.75, 3.05) is 44.4 Å². The molecule has 1 aromatic rings. The van der Waals surface area contributed by atoms with E-state index in [9.17, 15) is 0 Å². The van der Waals surface area contributed by atoms with Gasteiger partial charge in [-0.3, -0.25) is 0 Å². The van der Waals surface area contributed by atoms with Crippen LogP contribution in [0.5, 0.6) is 5.75 Å². The second-order valence-electron chi connectivity index (χ2n) is 3.77. The van der Waals surface area contributed by atoms with Crippen LogP contribution in [0.15, 0.2) is 23.1 Å². The Morgan fingerprint density at radius 1 is 1.50 bits per heavy atom. The number of benzene rings is 1. The molecule has 1 aromatic carbocycles. The zero-order chi connectivity index (χ0) is 11.4. The molecule has 1 aliphatic rings. The number of methoxy groups -OCH3 is 1. The molecule has 0 aliphatic carbocycles. The van der Waals surface area contributed by atoms with E-state index in [1.807, 2.05) is 24.9 Å². The zero-order valence-corrected chi connectivity index (χ0v) is 10.6. The van der Waals surface area contributed by atoms with Gasteiger partial charge in [-0.25, -0.2) is 0 Å². The van der Waals surface area contributed by atoms with Crippen LogP contribution in [-0.4, -0.2) is 39.5 Å². The standard InChI is InChI=1S/C12H18N2OS/c1-13-5-6-14-7-8-16-12-4-3-10(15-2)9-11(12)14/h3-4,9,13H,5-8H2,1-2H3. The first kappa shape index (κ1) is 11.6. The van der Waals surface area contributed by atoms with Crippen molar-refractivity contribution in [3.05, 3.63) is 18.2 Å². The summed E-state index contributed by atoms with van der Waals surface area (Å²) in [4.78, 5) is 3.79. The fourth-order valence-corrected chi connectivity index (χ4v) is 2.89.